The van der Waals surface area contributed by atoms with Gasteiger partial charge in [-0.05, 0) is 6.42 Å². The first-order valence-electron chi connectivity index (χ1n) is 7.39. The van der Waals surface area contributed by atoms with Crippen LogP contribution in [0.15, 0.2) is 5.11 Å². The van der Waals surface area contributed by atoms with E-state index in [4.69, 9.17) is 0 Å². The van der Waals surface area contributed by atoms with Gasteiger partial charge in [-0.2, -0.15) is 0 Å². The second-order valence-corrected chi connectivity index (χ2v) is 4.79. The van der Waals surface area contributed by atoms with E-state index in [-0.39, 0.29) is 5.91 Å². The van der Waals surface area contributed by atoms with E-state index in [9.17, 15) is 10.0 Å². The molecule has 0 spiro atoms. The number of hydroxylamine groups is 1. The van der Waals surface area contributed by atoms with Crippen molar-refractivity contribution in [1.82, 2.24) is 0 Å². The number of hydrogen-bond donors (Lipinski definition) is 0. The topological polar surface area (TPSA) is 55.5 Å². The molecule has 0 aliphatic carbocycles. The first kappa shape index (κ1) is 17.1. The molecule has 0 aromatic heterocycles. The van der Waals surface area contributed by atoms with E-state index in [1.54, 1.807) is 0 Å². The maximum atomic E-state index is 11.3. The van der Waals surface area contributed by atoms with Crippen molar-refractivity contribution in [2.75, 3.05) is 6.54 Å². The molecule has 0 bridgehead atoms. The highest BCUT2D eigenvalue weighted by molar-refractivity contribution is 5.75. The summed E-state index contributed by atoms with van der Waals surface area (Å²) in [4.78, 5) is 11.8. The van der Waals surface area contributed by atoms with Crippen LogP contribution in [-0.2, 0) is 4.79 Å². The van der Waals surface area contributed by atoms with Crippen molar-refractivity contribution >= 4 is 5.91 Å². The third-order valence-electron chi connectivity index (χ3n) is 2.88. The zero-order valence-corrected chi connectivity index (χ0v) is 12.0. The van der Waals surface area contributed by atoms with Crippen LogP contribution in [-0.4, -0.2) is 17.3 Å². The molecule has 4 nitrogen and oxygen atoms in total. The lowest BCUT2D eigenvalue weighted by Crippen LogP contribution is -2.05. The number of rotatable bonds is 11. The van der Waals surface area contributed by atoms with Crippen molar-refractivity contribution in [2.45, 2.75) is 78.1 Å². The molecule has 0 rings (SSSR count). The number of amides is 1. The molecule has 0 saturated heterocycles. The van der Waals surface area contributed by atoms with Crippen LogP contribution in [0.1, 0.15) is 78.1 Å². The molecule has 0 aromatic rings. The fourth-order valence-electron chi connectivity index (χ4n) is 1.83. The smallest absolute Gasteiger partial charge is 0.309 e. The molecule has 0 atom stereocenters. The summed E-state index contributed by atoms with van der Waals surface area (Å²) in [6.45, 7) is 4.42. The van der Waals surface area contributed by atoms with Crippen molar-refractivity contribution < 1.29 is 9.66 Å². The van der Waals surface area contributed by atoms with E-state index in [0.29, 0.717) is 17.8 Å². The van der Waals surface area contributed by atoms with Crippen molar-refractivity contribution in [1.29, 1.82) is 0 Å². The molecule has 1 amide bonds. The summed E-state index contributed by atoms with van der Waals surface area (Å²) < 4.78 is 0. The maximum absolute atomic E-state index is 11.3. The number of carbonyl (C=O) groups is 1. The normalized spacial score (nSPS) is 11.8. The Hall–Kier alpha value is -0.930. The largest absolute Gasteiger partial charge is 0.600 e. The lowest BCUT2D eigenvalue weighted by Gasteiger charge is -2.00. The van der Waals surface area contributed by atoms with Crippen LogP contribution in [0.25, 0.3) is 0 Å². The molecule has 0 saturated carbocycles. The summed E-state index contributed by atoms with van der Waals surface area (Å²) in [5.41, 5.74) is 0. The third-order valence-corrected chi connectivity index (χ3v) is 2.88. The zero-order valence-electron chi connectivity index (χ0n) is 12.0. The van der Waals surface area contributed by atoms with Gasteiger partial charge in [-0.15, -0.1) is 0 Å². The Morgan fingerprint density at radius 3 is 2.06 bits per heavy atom. The Bertz CT molecular complexity index is 240. The van der Waals surface area contributed by atoms with Gasteiger partial charge in [0.25, 0.3) is 0 Å². The maximum Gasteiger partial charge on any atom is 0.309 e. The molecular weight excluding hydrogens is 228 g/mol. The van der Waals surface area contributed by atoms with Gasteiger partial charge in [-0.25, -0.2) is 0 Å². The van der Waals surface area contributed by atoms with E-state index >= 15 is 0 Å². The van der Waals surface area contributed by atoms with Crippen molar-refractivity contribution in [2.24, 2.45) is 5.11 Å². The van der Waals surface area contributed by atoms with Gasteiger partial charge < -0.3 is 5.21 Å². The lowest BCUT2D eigenvalue weighted by atomic mass is 10.1. The molecule has 0 aliphatic rings. The van der Waals surface area contributed by atoms with Gasteiger partial charge in [0.05, 0.1) is 0 Å². The zero-order chi connectivity index (χ0) is 13.6. The van der Waals surface area contributed by atoms with Crippen LogP contribution in [0, 0.1) is 5.21 Å². The van der Waals surface area contributed by atoms with Gasteiger partial charge in [0.1, 0.15) is 0 Å². The lowest BCUT2D eigenvalue weighted by molar-refractivity contribution is -0.524. The van der Waals surface area contributed by atoms with Crippen LogP contribution < -0.4 is 0 Å². The molecule has 18 heavy (non-hydrogen) atoms. The summed E-state index contributed by atoms with van der Waals surface area (Å²) in [6.07, 6.45) is 10.7. The third kappa shape index (κ3) is 11.6. The Balaban J connectivity index is 3.38. The highest BCUT2D eigenvalue weighted by Crippen LogP contribution is 2.09. The fraction of sp³-hybridized carbons (Fsp3) is 0.929. The summed E-state index contributed by atoms with van der Waals surface area (Å²) in [5.74, 6) is -0.274. The number of nitrogens with zero attached hydrogens (tertiary/aromatic N) is 2. The standard InChI is InChI=1S/C14H28N2O2/c1-3-5-6-7-8-9-10-11-12-14(17)15-16(18)13-4-2/h3-13H2,1-2H3. The quantitative estimate of drug-likeness (QED) is 0.238. The number of hydrogen-bond acceptors (Lipinski definition) is 2. The average Bonchev–Trinajstić information content (AvgIpc) is 2.32. The van der Waals surface area contributed by atoms with Crippen molar-refractivity contribution in [3.05, 3.63) is 5.21 Å². The Kier molecular flexibility index (Phi) is 11.9. The highest BCUT2D eigenvalue weighted by Gasteiger charge is 2.04. The second kappa shape index (κ2) is 12.5. The predicted octanol–water partition coefficient (Wildman–Crippen LogP) is 4.42. The highest BCUT2D eigenvalue weighted by atomic mass is 16.5. The van der Waals surface area contributed by atoms with Crippen molar-refractivity contribution in [3.8, 4) is 0 Å². The van der Waals surface area contributed by atoms with E-state index in [1.807, 2.05) is 6.92 Å². The van der Waals surface area contributed by atoms with Gasteiger partial charge in [0, 0.05) is 18.0 Å². The van der Waals surface area contributed by atoms with Gasteiger partial charge in [0.15, 0.2) is 6.54 Å². The van der Waals surface area contributed by atoms with E-state index in [1.165, 1.54) is 38.5 Å². The Morgan fingerprint density at radius 1 is 0.944 bits per heavy atom. The van der Waals surface area contributed by atoms with Crippen LogP contribution in [0.4, 0.5) is 0 Å². The number of unbranched alkanes of at least 4 members (excludes halogenated alkanes) is 7. The monoisotopic (exact) mass is 256 g/mol. The van der Waals surface area contributed by atoms with E-state index in [2.05, 4.69) is 12.0 Å². The Morgan fingerprint density at radius 2 is 1.50 bits per heavy atom. The van der Waals surface area contributed by atoms with Crippen LogP contribution >= 0.6 is 0 Å². The first-order valence-corrected chi connectivity index (χ1v) is 7.39. The molecule has 0 aliphatic heterocycles. The Labute approximate surface area is 111 Å². The van der Waals surface area contributed by atoms with Gasteiger partial charge in [-0.3, -0.25) is 4.79 Å². The van der Waals surface area contributed by atoms with E-state index < -0.39 is 0 Å². The minimum atomic E-state index is -0.274. The SMILES string of the molecule is CCCCCCCCCCC(=O)N=[N+]([O-])CCC. The van der Waals surface area contributed by atoms with Crippen LogP contribution in [0.5, 0.6) is 0 Å². The molecule has 0 aromatic carbocycles. The summed E-state index contributed by atoms with van der Waals surface area (Å²) >= 11 is 0. The molecule has 4 heteroatoms. The summed E-state index contributed by atoms with van der Waals surface area (Å²) in [6, 6.07) is 0. The molecule has 0 N–H and O–H groups in total. The number of carbonyl (C=O) groups excluding carboxylic acids is 1. The van der Waals surface area contributed by atoms with Gasteiger partial charge >= 0.3 is 5.91 Å². The fourth-order valence-corrected chi connectivity index (χ4v) is 1.83. The minimum Gasteiger partial charge on any atom is -0.600 e. The molecule has 0 fully saturated rings. The van der Waals surface area contributed by atoms with Gasteiger partial charge in [0.2, 0.25) is 0 Å². The number of azo groups is 1. The van der Waals surface area contributed by atoms with Gasteiger partial charge in [-0.1, -0.05) is 63.7 Å². The molecule has 0 unspecified atom stereocenters. The van der Waals surface area contributed by atoms with Crippen LogP contribution in [0.3, 0.4) is 0 Å². The molecule has 106 valence electrons. The second-order valence-electron chi connectivity index (χ2n) is 4.79. The van der Waals surface area contributed by atoms with Crippen molar-refractivity contribution in [3.63, 3.8) is 0 Å². The average molecular weight is 256 g/mol. The minimum absolute atomic E-state index is 0.274. The van der Waals surface area contributed by atoms with Crippen LogP contribution in [0.2, 0.25) is 0 Å². The first-order chi connectivity index (χ1) is 8.70. The molecule has 0 heterocycles. The summed E-state index contributed by atoms with van der Waals surface area (Å²) in [7, 11) is 0. The molecule has 0 radical (unpaired) electrons. The molecular formula is C14H28N2O2. The summed E-state index contributed by atoms with van der Waals surface area (Å²) in [5, 5.41) is 14.5. The predicted molar refractivity (Wildman–Crippen MR) is 73.4 cm³/mol. The van der Waals surface area contributed by atoms with E-state index in [0.717, 1.165) is 19.3 Å².